The number of aromatic nitrogens is 1. The van der Waals surface area contributed by atoms with Crippen LogP contribution in [0.4, 0.5) is 18.9 Å². The first-order chi connectivity index (χ1) is 11.7. The van der Waals surface area contributed by atoms with E-state index in [1.54, 1.807) is 0 Å². The number of nitrogens with zero attached hydrogens (tertiary/aromatic N) is 1. The Kier molecular flexibility index (Phi) is 5.63. The van der Waals surface area contributed by atoms with Gasteiger partial charge in [0.15, 0.2) is 6.10 Å². The topological polar surface area (TPSA) is 68.3 Å². The van der Waals surface area contributed by atoms with Gasteiger partial charge in [0, 0.05) is 12.4 Å². The quantitative estimate of drug-likeness (QED) is 0.825. The lowest BCUT2D eigenvalue weighted by Crippen LogP contribution is -2.30. The molecule has 1 aromatic carbocycles. The molecule has 1 heterocycles. The molecule has 1 amide bonds. The summed E-state index contributed by atoms with van der Waals surface area (Å²) < 4.78 is 43.1. The third kappa shape index (κ3) is 4.93. The summed E-state index contributed by atoms with van der Waals surface area (Å²) in [4.78, 5) is 27.6. The Labute approximate surface area is 145 Å². The normalized spacial score (nSPS) is 12.4. The summed E-state index contributed by atoms with van der Waals surface area (Å²) in [6.45, 7) is 1.28. The summed E-state index contributed by atoms with van der Waals surface area (Å²) in [5, 5.41) is 2.14. The first-order valence-electron chi connectivity index (χ1n) is 6.97. The third-order valence-corrected chi connectivity index (χ3v) is 3.43. The monoisotopic (exact) mass is 372 g/mol. The van der Waals surface area contributed by atoms with E-state index in [2.05, 4.69) is 10.3 Å². The number of carbonyl (C=O) groups excluding carboxylic acids is 2. The fourth-order valence-electron chi connectivity index (χ4n) is 1.80. The van der Waals surface area contributed by atoms with E-state index in [1.807, 2.05) is 0 Å². The van der Waals surface area contributed by atoms with Gasteiger partial charge in [-0.25, -0.2) is 4.79 Å². The molecule has 0 radical (unpaired) electrons. The highest BCUT2D eigenvalue weighted by molar-refractivity contribution is 6.33. The summed E-state index contributed by atoms with van der Waals surface area (Å²) in [5.74, 6) is -1.61. The number of carbonyl (C=O) groups is 2. The Morgan fingerprint density at radius 3 is 2.60 bits per heavy atom. The number of alkyl halides is 3. The molecule has 0 unspecified atom stereocenters. The summed E-state index contributed by atoms with van der Waals surface area (Å²) in [6, 6.07) is 5.49. The fraction of sp³-hybridized carbons (Fsp3) is 0.188. The van der Waals surface area contributed by atoms with E-state index in [0.717, 1.165) is 12.1 Å². The molecule has 0 spiro atoms. The van der Waals surface area contributed by atoms with Crippen LogP contribution in [-0.2, 0) is 15.7 Å². The van der Waals surface area contributed by atoms with Crippen LogP contribution in [0.15, 0.2) is 42.7 Å². The van der Waals surface area contributed by atoms with Crippen LogP contribution in [0.2, 0.25) is 5.02 Å². The SMILES string of the molecule is C[C@@H](OC(=O)c1cccnc1)C(=O)Nc1cc(C(F)(F)F)ccc1Cl. The molecule has 1 N–H and O–H groups in total. The van der Waals surface area contributed by atoms with E-state index >= 15 is 0 Å². The lowest BCUT2D eigenvalue weighted by Gasteiger charge is -2.15. The molecule has 2 aromatic rings. The van der Waals surface area contributed by atoms with E-state index in [4.69, 9.17) is 16.3 Å². The molecule has 9 heteroatoms. The molecule has 0 aliphatic rings. The van der Waals surface area contributed by atoms with E-state index < -0.39 is 29.7 Å². The molecule has 0 aliphatic heterocycles. The molecule has 25 heavy (non-hydrogen) atoms. The maximum Gasteiger partial charge on any atom is 0.416 e. The largest absolute Gasteiger partial charge is 0.449 e. The molecular formula is C16H12ClF3N2O3. The minimum absolute atomic E-state index is 0.0767. The van der Waals surface area contributed by atoms with Crippen LogP contribution >= 0.6 is 11.6 Å². The zero-order valence-electron chi connectivity index (χ0n) is 12.8. The number of amides is 1. The predicted octanol–water partition coefficient (Wildman–Crippen LogP) is 3.94. The van der Waals surface area contributed by atoms with Crippen LogP contribution < -0.4 is 5.32 Å². The van der Waals surface area contributed by atoms with Gasteiger partial charge in [-0.1, -0.05) is 11.6 Å². The Morgan fingerprint density at radius 1 is 1.28 bits per heavy atom. The summed E-state index contributed by atoms with van der Waals surface area (Å²) in [7, 11) is 0. The maximum atomic E-state index is 12.7. The van der Waals surface area contributed by atoms with Gasteiger partial charge in [0.25, 0.3) is 5.91 Å². The number of hydrogen-bond acceptors (Lipinski definition) is 4. The van der Waals surface area contributed by atoms with Crippen molar-refractivity contribution >= 4 is 29.2 Å². The third-order valence-electron chi connectivity index (χ3n) is 3.10. The van der Waals surface area contributed by atoms with Crippen LogP contribution in [0.1, 0.15) is 22.8 Å². The highest BCUT2D eigenvalue weighted by atomic mass is 35.5. The molecule has 0 bridgehead atoms. The van der Waals surface area contributed by atoms with E-state index in [0.29, 0.717) is 6.07 Å². The number of halogens is 4. The van der Waals surface area contributed by atoms with Gasteiger partial charge in [-0.05, 0) is 37.3 Å². The number of ether oxygens (including phenoxy) is 1. The number of nitrogens with one attached hydrogen (secondary N) is 1. The number of benzene rings is 1. The summed E-state index contributed by atoms with van der Waals surface area (Å²) in [5.41, 5.74) is -1.06. The lowest BCUT2D eigenvalue weighted by molar-refractivity contribution is -0.137. The van der Waals surface area contributed by atoms with Crippen LogP contribution in [0.25, 0.3) is 0 Å². The van der Waals surface area contributed by atoms with Crippen molar-refractivity contribution in [2.75, 3.05) is 5.32 Å². The Morgan fingerprint density at radius 2 is 2.00 bits per heavy atom. The van der Waals surface area contributed by atoms with Gasteiger partial charge in [0.1, 0.15) is 0 Å². The molecule has 132 valence electrons. The fourth-order valence-corrected chi connectivity index (χ4v) is 1.96. The molecule has 1 aromatic heterocycles. The van der Waals surface area contributed by atoms with Gasteiger partial charge in [-0.15, -0.1) is 0 Å². The highest BCUT2D eigenvalue weighted by Gasteiger charge is 2.31. The molecule has 0 saturated heterocycles. The van der Waals surface area contributed by atoms with Crippen molar-refractivity contribution in [3.63, 3.8) is 0 Å². The van der Waals surface area contributed by atoms with Gasteiger partial charge in [0.2, 0.25) is 0 Å². The van der Waals surface area contributed by atoms with Gasteiger partial charge >= 0.3 is 12.1 Å². The molecule has 1 atom stereocenters. The Balaban J connectivity index is 2.07. The number of anilines is 1. The van der Waals surface area contributed by atoms with Crippen LogP contribution in [0.3, 0.4) is 0 Å². The zero-order valence-corrected chi connectivity index (χ0v) is 13.6. The van der Waals surface area contributed by atoms with Crippen molar-refractivity contribution in [2.45, 2.75) is 19.2 Å². The van der Waals surface area contributed by atoms with Gasteiger partial charge in [-0.2, -0.15) is 13.2 Å². The summed E-state index contributed by atoms with van der Waals surface area (Å²) in [6.07, 6.45) is -3.11. The van der Waals surface area contributed by atoms with E-state index in [9.17, 15) is 22.8 Å². The minimum Gasteiger partial charge on any atom is -0.449 e. The first-order valence-corrected chi connectivity index (χ1v) is 7.35. The second-order valence-electron chi connectivity index (χ2n) is 4.97. The standard InChI is InChI=1S/C16H12ClF3N2O3/c1-9(25-15(24)10-3-2-6-21-8-10)14(23)22-13-7-11(16(18,19)20)4-5-12(13)17/h2-9H,1H3,(H,22,23)/t9-/m1/s1. The predicted molar refractivity (Wildman–Crippen MR) is 84.2 cm³/mol. The first kappa shape index (κ1) is 18.7. The van der Waals surface area contributed by atoms with Gasteiger partial charge in [-0.3, -0.25) is 9.78 Å². The van der Waals surface area contributed by atoms with Crippen molar-refractivity contribution < 1.29 is 27.5 Å². The maximum absolute atomic E-state index is 12.7. The van der Waals surface area contributed by atoms with Crippen molar-refractivity contribution in [1.82, 2.24) is 4.98 Å². The smallest absolute Gasteiger partial charge is 0.416 e. The van der Waals surface area contributed by atoms with Gasteiger partial charge < -0.3 is 10.1 Å². The molecule has 0 aliphatic carbocycles. The zero-order chi connectivity index (χ0) is 18.6. The van der Waals surface area contributed by atoms with Crippen molar-refractivity contribution in [3.05, 3.63) is 58.9 Å². The molecular weight excluding hydrogens is 361 g/mol. The highest BCUT2D eigenvalue weighted by Crippen LogP contribution is 2.33. The number of rotatable bonds is 4. The number of esters is 1. The second kappa shape index (κ2) is 7.52. The van der Waals surface area contributed by atoms with Crippen LogP contribution in [-0.4, -0.2) is 23.0 Å². The molecule has 5 nitrogen and oxygen atoms in total. The van der Waals surface area contributed by atoms with Crippen molar-refractivity contribution in [3.8, 4) is 0 Å². The van der Waals surface area contributed by atoms with Crippen molar-refractivity contribution in [2.24, 2.45) is 0 Å². The average molecular weight is 373 g/mol. The summed E-state index contributed by atoms with van der Waals surface area (Å²) >= 11 is 5.80. The average Bonchev–Trinajstić information content (AvgIpc) is 2.56. The van der Waals surface area contributed by atoms with E-state index in [-0.39, 0.29) is 16.3 Å². The lowest BCUT2D eigenvalue weighted by atomic mass is 10.2. The minimum atomic E-state index is -4.58. The van der Waals surface area contributed by atoms with Crippen LogP contribution in [0, 0.1) is 0 Å². The van der Waals surface area contributed by atoms with Crippen LogP contribution in [0.5, 0.6) is 0 Å². The molecule has 0 fully saturated rings. The molecule has 0 saturated carbocycles. The molecule has 2 rings (SSSR count). The Hall–Kier alpha value is -2.61. The Bertz CT molecular complexity index is 782. The number of hydrogen-bond donors (Lipinski definition) is 1. The van der Waals surface area contributed by atoms with E-state index in [1.165, 1.54) is 31.5 Å². The second-order valence-corrected chi connectivity index (χ2v) is 5.38. The number of pyridine rings is 1. The van der Waals surface area contributed by atoms with Crippen molar-refractivity contribution in [1.29, 1.82) is 0 Å². The van der Waals surface area contributed by atoms with Gasteiger partial charge in [0.05, 0.1) is 21.8 Å².